The number of benzene rings is 1. The van der Waals surface area contributed by atoms with Gasteiger partial charge in [-0.05, 0) is 38.0 Å². The molecule has 1 aromatic rings. The van der Waals surface area contributed by atoms with E-state index in [1.54, 1.807) is 6.92 Å². The summed E-state index contributed by atoms with van der Waals surface area (Å²) in [5.41, 5.74) is -0.117. The molecule has 108 valence electrons. The summed E-state index contributed by atoms with van der Waals surface area (Å²) in [6.45, 7) is 1.78. The van der Waals surface area contributed by atoms with Gasteiger partial charge in [0.05, 0.1) is 12.2 Å². The Labute approximate surface area is 121 Å². The van der Waals surface area contributed by atoms with Crippen molar-refractivity contribution >= 4 is 23.5 Å². The van der Waals surface area contributed by atoms with Crippen molar-refractivity contribution < 1.29 is 18.7 Å². The molecule has 1 aromatic carbocycles. The highest BCUT2D eigenvalue weighted by atomic mass is 35.5. The van der Waals surface area contributed by atoms with E-state index in [9.17, 15) is 14.0 Å². The van der Waals surface area contributed by atoms with Crippen LogP contribution in [0.5, 0.6) is 0 Å². The zero-order valence-corrected chi connectivity index (χ0v) is 11.8. The monoisotopic (exact) mass is 299 g/mol. The second kappa shape index (κ2) is 6.22. The van der Waals surface area contributed by atoms with Gasteiger partial charge in [0.25, 0.3) is 5.91 Å². The summed E-state index contributed by atoms with van der Waals surface area (Å²) in [6.07, 6.45) is 1.63. The lowest BCUT2D eigenvalue weighted by Gasteiger charge is -2.21. The summed E-state index contributed by atoms with van der Waals surface area (Å²) >= 11 is 5.79. The molecule has 1 fully saturated rings. The van der Waals surface area contributed by atoms with E-state index in [4.69, 9.17) is 16.3 Å². The SMILES string of the molecule is CCOC(=O)CN(C(=O)c1cc(Cl)ccc1F)C1CC1. The van der Waals surface area contributed by atoms with E-state index in [2.05, 4.69) is 0 Å². The molecule has 0 heterocycles. The molecule has 0 spiro atoms. The summed E-state index contributed by atoms with van der Waals surface area (Å²) in [5, 5.41) is 0.279. The first kappa shape index (κ1) is 14.8. The molecular formula is C14H15ClFNO3. The third kappa shape index (κ3) is 3.48. The first-order valence-corrected chi connectivity index (χ1v) is 6.82. The zero-order valence-electron chi connectivity index (χ0n) is 11.1. The first-order valence-electron chi connectivity index (χ1n) is 6.44. The lowest BCUT2D eigenvalue weighted by molar-refractivity contribution is -0.144. The molecule has 1 aliphatic rings. The van der Waals surface area contributed by atoms with Gasteiger partial charge < -0.3 is 9.64 Å². The fourth-order valence-corrected chi connectivity index (χ4v) is 2.09. The summed E-state index contributed by atoms with van der Waals surface area (Å²) < 4.78 is 18.6. The van der Waals surface area contributed by atoms with Crippen LogP contribution >= 0.6 is 11.6 Å². The molecule has 6 heteroatoms. The standard InChI is InChI=1S/C14H15ClFNO3/c1-2-20-13(18)8-17(10-4-5-10)14(19)11-7-9(15)3-6-12(11)16/h3,6-7,10H,2,4-5,8H2,1H3. The van der Waals surface area contributed by atoms with Crippen LogP contribution < -0.4 is 0 Å². The van der Waals surface area contributed by atoms with Gasteiger partial charge in [-0.1, -0.05) is 11.6 Å². The topological polar surface area (TPSA) is 46.6 Å². The number of carbonyl (C=O) groups excluding carboxylic acids is 2. The number of carbonyl (C=O) groups is 2. The quantitative estimate of drug-likeness (QED) is 0.785. The molecule has 4 nitrogen and oxygen atoms in total. The van der Waals surface area contributed by atoms with Crippen LogP contribution in [0.25, 0.3) is 0 Å². The van der Waals surface area contributed by atoms with Gasteiger partial charge in [-0.2, -0.15) is 0 Å². The summed E-state index contributed by atoms with van der Waals surface area (Å²) in [5.74, 6) is -1.66. The summed E-state index contributed by atoms with van der Waals surface area (Å²) in [7, 11) is 0. The van der Waals surface area contributed by atoms with Crippen LogP contribution in [0.4, 0.5) is 4.39 Å². The van der Waals surface area contributed by atoms with Crippen LogP contribution in [-0.2, 0) is 9.53 Å². The number of hydrogen-bond acceptors (Lipinski definition) is 3. The van der Waals surface area contributed by atoms with Crippen molar-refractivity contribution in [2.45, 2.75) is 25.8 Å². The van der Waals surface area contributed by atoms with Gasteiger partial charge in [0, 0.05) is 11.1 Å². The van der Waals surface area contributed by atoms with Crippen LogP contribution in [0.1, 0.15) is 30.1 Å². The number of rotatable bonds is 5. The molecular weight excluding hydrogens is 285 g/mol. The lowest BCUT2D eigenvalue weighted by atomic mass is 10.2. The lowest BCUT2D eigenvalue weighted by Crippen LogP contribution is -2.38. The molecule has 0 aliphatic heterocycles. The number of amides is 1. The largest absolute Gasteiger partial charge is 0.465 e. The minimum atomic E-state index is -0.645. The third-order valence-electron chi connectivity index (χ3n) is 3.01. The van der Waals surface area contributed by atoms with Crippen molar-refractivity contribution in [2.24, 2.45) is 0 Å². The van der Waals surface area contributed by atoms with Gasteiger partial charge in [0.15, 0.2) is 0 Å². The van der Waals surface area contributed by atoms with Gasteiger partial charge >= 0.3 is 5.97 Å². The van der Waals surface area contributed by atoms with E-state index in [1.807, 2.05) is 0 Å². The summed E-state index contributed by atoms with van der Waals surface area (Å²) in [6, 6.07) is 3.77. The second-order valence-corrected chi connectivity index (χ2v) is 5.03. The van der Waals surface area contributed by atoms with Crippen molar-refractivity contribution in [3.8, 4) is 0 Å². The predicted molar refractivity (Wildman–Crippen MR) is 72.1 cm³/mol. The number of halogens is 2. The maximum atomic E-state index is 13.7. The van der Waals surface area contributed by atoms with Crippen molar-refractivity contribution in [1.82, 2.24) is 4.90 Å². The highest BCUT2D eigenvalue weighted by Gasteiger charge is 2.35. The minimum absolute atomic E-state index is 0.0229. The summed E-state index contributed by atoms with van der Waals surface area (Å²) in [4.78, 5) is 25.2. The van der Waals surface area contributed by atoms with Gasteiger partial charge in [-0.3, -0.25) is 9.59 Å². The van der Waals surface area contributed by atoms with Crippen LogP contribution in [-0.4, -0.2) is 36.0 Å². The Bertz CT molecular complexity index is 531. The Kier molecular flexibility index (Phi) is 4.60. The molecule has 20 heavy (non-hydrogen) atoms. The van der Waals surface area contributed by atoms with Crippen molar-refractivity contribution in [3.63, 3.8) is 0 Å². The second-order valence-electron chi connectivity index (χ2n) is 4.59. The molecule has 0 aromatic heterocycles. The average Bonchev–Trinajstić information content (AvgIpc) is 3.23. The molecule has 0 atom stereocenters. The van der Waals surface area contributed by atoms with Crippen LogP contribution in [0.15, 0.2) is 18.2 Å². The van der Waals surface area contributed by atoms with E-state index in [1.165, 1.54) is 17.0 Å². The maximum absolute atomic E-state index is 13.7. The van der Waals surface area contributed by atoms with Crippen molar-refractivity contribution in [1.29, 1.82) is 0 Å². The Balaban J connectivity index is 2.18. The van der Waals surface area contributed by atoms with E-state index in [0.717, 1.165) is 18.9 Å². The molecule has 1 amide bonds. The van der Waals surface area contributed by atoms with Crippen molar-refractivity contribution in [3.05, 3.63) is 34.6 Å². The smallest absolute Gasteiger partial charge is 0.325 e. The highest BCUT2D eigenvalue weighted by Crippen LogP contribution is 2.29. The normalized spacial score (nSPS) is 13.9. The van der Waals surface area contributed by atoms with Gasteiger partial charge in [0.2, 0.25) is 0 Å². The third-order valence-corrected chi connectivity index (χ3v) is 3.25. The zero-order chi connectivity index (χ0) is 14.7. The molecule has 1 aliphatic carbocycles. The van der Waals surface area contributed by atoms with E-state index < -0.39 is 17.7 Å². The first-order chi connectivity index (χ1) is 9.52. The number of nitrogens with zero attached hydrogens (tertiary/aromatic N) is 1. The molecule has 1 saturated carbocycles. The van der Waals surface area contributed by atoms with Gasteiger partial charge in [-0.25, -0.2) is 4.39 Å². The Morgan fingerprint density at radius 1 is 1.45 bits per heavy atom. The van der Waals surface area contributed by atoms with Crippen LogP contribution in [0, 0.1) is 5.82 Å². The Hall–Kier alpha value is -1.62. The Morgan fingerprint density at radius 3 is 2.75 bits per heavy atom. The van der Waals surface area contributed by atoms with E-state index >= 15 is 0 Å². The fraction of sp³-hybridized carbons (Fsp3) is 0.429. The van der Waals surface area contributed by atoms with Gasteiger partial charge in [0.1, 0.15) is 12.4 Å². The molecule has 0 N–H and O–H groups in total. The van der Waals surface area contributed by atoms with Crippen LogP contribution in [0.3, 0.4) is 0 Å². The molecule has 2 rings (SSSR count). The van der Waals surface area contributed by atoms with Gasteiger partial charge in [-0.15, -0.1) is 0 Å². The molecule has 0 saturated heterocycles. The number of ether oxygens (including phenoxy) is 1. The minimum Gasteiger partial charge on any atom is -0.465 e. The van der Waals surface area contributed by atoms with Crippen LogP contribution in [0.2, 0.25) is 5.02 Å². The average molecular weight is 300 g/mol. The molecule has 0 radical (unpaired) electrons. The van der Waals surface area contributed by atoms with Crippen molar-refractivity contribution in [2.75, 3.05) is 13.2 Å². The molecule has 0 bridgehead atoms. The number of hydrogen-bond donors (Lipinski definition) is 0. The van der Waals surface area contributed by atoms with E-state index in [-0.39, 0.29) is 29.8 Å². The maximum Gasteiger partial charge on any atom is 0.325 e. The molecule has 0 unspecified atom stereocenters. The fourth-order valence-electron chi connectivity index (χ4n) is 1.91. The van der Waals surface area contributed by atoms with E-state index in [0.29, 0.717) is 0 Å². The highest BCUT2D eigenvalue weighted by molar-refractivity contribution is 6.31. The predicted octanol–water partition coefficient (Wildman–Crippen LogP) is 2.65. The number of esters is 1. The Morgan fingerprint density at radius 2 is 2.15 bits per heavy atom.